The maximum absolute atomic E-state index is 9.93. The molecule has 1 N–H and O–H groups in total. The van der Waals surface area contributed by atoms with Crippen LogP contribution in [-0.2, 0) is 13.1 Å². The Morgan fingerprint density at radius 2 is 2.12 bits per heavy atom. The highest BCUT2D eigenvalue weighted by Gasteiger charge is 2.39. The number of β-amino-alcohol motifs (C(OH)–C–C–N with tert-alkyl or cyclic N) is 1. The summed E-state index contributed by atoms with van der Waals surface area (Å²) in [6, 6.07) is 2.13. The third-order valence-electron chi connectivity index (χ3n) is 3.36. The van der Waals surface area contributed by atoms with E-state index in [1.54, 1.807) is 0 Å². The van der Waals surface area contributed by atoms with Crippen LogP contribution in [0.4, 0.5) is 0 Å². The van der Waals surface area contributed by atoms with Crippen LogP contribution in [0.5, 0.6) is 0 Å². The zero-order chi connectivity index (χ0) is 11.8. The number of aliphatic hydroxyl groups is 1. The second-order valence-electron chi connectivity index (χ2n) is 4.82. The molecule has 0 bridgehead atoms. The Bertz CT molecular complexity index is 366. The van der Waals surface area contributed by atoms with Crippen LogP contribution in [0.25, 0.3) is 0 Å². The van der Waals surface area contributed by atoms with Crippen LogP contribution >= 0.6 is 0 Å². The number of hydrogen-bond donors (Lipinski definition) is 1. The van der Waals surface area contributed by atoms with Gasteiger partial charge < -0.3 is 5.11 Å². The maximum Gasteiger partial charge on any atom is 0.0897 e. The van der Waals surface area contributed by atoms with Crippen molar-refractivity contribution in [1.82, 2.24) is 14.7 Å². The minimum absolute atomic E-state index is 0.438. The van der Waals surface area contributed by atoms with Crippen molar-refractivity contribution >= 4 is 0 Å². The van der Waals surface area contributed by atoms with E-state index in [2.05, 4.69) is 23.0 Å². The van der Waals surface area contributed by atoms with Gasteiger partial charge in [0.15, 0.2) is 0 Å². The second kappa shape index (κ2) is 4.18. The molecule has 1 aromatic heterocycles. The summed E-state index contributed by atoms with van der Waals surface area (Å²) in [6.07, 6.45) is 0.843. The minimum atomic E-state index is -0.438. The maximum atomic E-state index is 9.93. The molecule has 1 fully saturated rings. The summed E-state index contributed by atoms with van der Waals surface area (Å²) < 4.78 is 2.04. The van der Waals surface area contributed by atoms with Crippen LogP contribution in [0.1, 0.15) is 31.7 Å². The topological polar surface area (TPSA) is 41.3 Å². The molecule has 4 heteroatoms. The van der Waals surface area contributed by atoms with Gasteiger partial charge >= 0.3 is 0 Å². The standard InChI is InChI=1S/C12H21N3O/c1-4-12(16)8-14(9-12)7-11-6-10(3)13-15(11)5-2/h6,16H,4-5,7-9H2,1-3H3. The summed E-state index contributed by atoms with van der Waals surface area (Å²) >= 11 is 0. The fraction of sp³-hybridized carbons (Fsp3) is 0.750. The monoisotopic (exact) mass is 223 g/mol. The van der Waals surface area contributed by atoms with Crippen molar-refractivity contribution in [1.29, 1.82) is 0 Å². The van der Waals surface area contributed by atoms with E-state index >= 15 is 0 Å². The predicted molar refractivity (Wildman–Crippen MR) is 63.2 cm³/mol. The second-order valence-corrected chi connectivity index (χ2v) is 4.82. The van der Waals surface area contributed by atoms with Crippen LogP contribution < -0.4 is 0 Å². The predicted octanol–water partition coefficient (Wildman–Crippen LogP) is 1.17. The Morgan fingerprint density at radius 3 is 2.69 bits per heavy atom. The first-order chi connectivity index (χ1) is 7.56. The van der Waals surface area contributed by atoms with Crippen molar-refractivity contribution in [3.05, 3.63) is 17.5 Å². The van der Waals surface area contributed by atoms with E-state index in [0.717, 1.165) is 38.3 Å². The SMILES string of the molecule is CCn1nc(C)cc1CN1CC(O)(CC)C1. The van der Waals surface area contributed by atoms with Gasteiger partial charge in [-0.2, -0.15) is 5.10 Å². The number of likely N-dealkylation sites (tertiary alicyclic amines) is 1. The smallest absolute Gasteiger partial charge is 0.0897 e. The molecule has 0 atom stereocenters. The summed E-state index contributed by atoms with van der Waals surface area (Å²) in [4.78, 5) is 2.27. The molecule has 0 spiro atoms. The summed E-state index contributed by atoms with van der Waals surface area (Å²) in [5, 5.41) is 14.4. The Hall–Kier alpha value is -0.870. The number of aryl methyl sites for hydroxylation is 2. The summed E-state index contributed by atoms with van der Waals surface area (Å²) in [6.45, 7) is 9.56. The molecule has 1 aliphatic heterocycles. The lowest BCUT2D eigenvalue weighted by molar-refractivity contribution is -0.104. The van der Waals surface area contributed by atoms with E-state index in [1.165, 1.54) is 5.69 Å². The lowest BCUT2D eigenvalue weighted by atomic mass is 9.91. The number of nitrogens with zero attached hydrogens (tertiary/aromatic N) is 3. The molecule has 4 nitrogen and oxygen atoms in total. The molecular formula is C12H21N3O. The van der Waals surface area contributed by atoms with Gasteiger partial charge in [0, 0.05) is 26.2 Å². The molecule has 1 aliphatic rings. The van der Waals surface area contributed by atoms with E-state index in [-0.39, 0.29) is 0 Å². The highest BCUT2D eigenvalue weighted by molar-refractivity contribution is 5.10. The molecule has 0 unspecified atom stereocenters. The molecule has 0 aliphatic carbocycles. The first kappa shape index (κ1) is 11.6. The number of aromatic nitrogens is 2. The van der Waals surface area contributed by atoms with Gasteiger partial charge in [-0.15, -0.1) is 0 Å². The average Bonchev–Trinajstić information content (AvgIpc) is 2.56. The van der Waals surface area contributed by atoms with Gasteiger partial charge in [-0.3, -0.25) is 9.58 Å². The van der Waals surface area contributed by atoms with Crippen molar-refractivity contribution in [2.24, 2.45) is 0 Å². The van der Waals surface area contributed by atoms with Crippen LogP contribution in [0.2, 0.25) is 0 Å². The highest BCUT2D eigenvalue weighted by atomic mass is 16.3. The first-order valence-electron chi connectivity index (χ1n) is 6.04. The molecule has 0 aromatic carbocycles. The van der Waals surface area contributed by atoms with Crippen LogP contribution in [0, 0.1) is 6.92 Å². The van der Waals surface area contributed by atoms with Gasteiger partial charge in [0.25, 0.3) is 0 Å². The molecular weight excluding hydrogens is 202 g/mol. The molecule has 16 heavy (non-hydrogen) atoms. The van der Waals surface area contributed by atoms with Gasteiger partial charge in [0.05, 0.1) is 17.0 Å². The van der Waals surface area contributed by atoms with Crippen molar-refractivity contribution in [2.75, 3.05) is 13.1 Å². The van der Waals surface area contributed by atoms with Crippen molar-refractivity contribution in [2.45, 2.75) is 45.9 Å². The fourth-order valence-electron chi connectivity index (χ4n) is 2.35. The number of hydrogen-bond acceptors (Lipinski definition) is 3. The van der Waals surface area contributed by atoms with Crippen molar-refractivity contribution < 1.29 is 5.11 Å². The van der Waals surface area contributed by atoms with Crippen molar-refractivity contribution in [3.8, 4) is 0 Å². The molecule has 0 radical (unpaired) electrons. The Kier molecular flexibility index (Phi) is 3.04. The Labute approximate surface area is 96.9 Å². The lowest BCUT2D eigenvalue weighted by Gasteiger charge is -2.46. The number of rotatable bonds is 4. The third kappa shape index (κ3) is 2.13. The van der Waals surface area contributed by atoms with E-state index in [0.29, 0.717) is 0 Å². The van der Waals surface area contributed by atoms with E-state index in [9.17, 15) is 5.11 Å². The molecule has 1 aromatic rings. The minimum Gasteiger partial charge on any atom is -0.387 e. The zero-order valence-corrected chi connectivity index (χ0v) is 10.4. The van der Waals surface area contributed by atoms with Crippen LogP contribution in [0.15, 0.2) is 6.07 Å². The molecule has 0 amide bonds. The third-order valence-corrected chi connectivity index (χ3v) is 3.36. The summed E-state index contributed by atoms with van der Waals surface area (Å²) in [5.41, 5.74) is 1.88. The van der Waals surface area contributed by atoms with E-state index in [1.807, 2.05) is 18.5 Å². The zero-order valence-electron chi connectivity index (χ0n) is 10.4. The highest BCUT2D eigenvalue weighted by Crippen LogP contribution is 2.25. The summed E-state index contributed by atoms with van der Waals surface area (Å²) in [7, 11) is 0. The van der Waals surface area contributed by atoms with Crippen LogP contribution in [-0.4, -0.2) is 38.5 Å². The normalized spacial score (nSPS) is 19.8. The van der Waals surface area contributed by atoms with Crippen LogP contribution in [0.3, 0.4) is 0 Å². The lowest BCUT2D eigenvalue weighted by Crippen LogP contribution is -2.60. The van der Waals surface area contributed by atoms with Crippen molar-refractivity contribution in [3.63, 3.8) is 0 Å². The quantitative estimate of drug-likeness (QED) is 0.833. The van der Waals surface area contributed by atoms with E-state index < -0.39 is 5.60 Å². The van der Waals surface area contributed by atoms with Gasteiger partial charge in [-0.1, -0.05) is 6.92 Å². The molecule has 1 saturated heterocycles. The van der Waals surface area contributed by atoms with Gasteiger partial charge in [-0.25, -0.2) is 0 Å². The molecule has 0 saturated carbocycles. The van der Waals surface area contributed by atoms with Gasteiger partial charge in [-0.05, 0) is 26.3 Å². The van der Waals surface area contributed by atoms with Gasteiger partial charge in [0.1, 0.15) is 0 Å². The molecule has 2 heterocycles. The first-order valence-corrected chi connectivity index (χ1v) is 6.04. The Morgan fingerprint density at radius 1 is 1.44 bits per heavy atom. The fourth-order valence-corrected chi connectivity index (χ4v) is 2.35. The Balaban J connectivity index is 1.96. The average molecular weight is 223 g/mol. The largest absolute Gasteiger partial charge is 0.387 e. The molecule has 2 rings (SSSR count). The van der Waals surface area contributed by atoms with E-state index in [4.69, 9.17) is 0 Å². The van der Waals surface area contributed by atoms with Gasteiger partial charge in [0.2, 0.25) is 0 Å². The summed E-state index contributed by atoms with van der Waals surface area (Å²) in [5.74, 6) is 0. The molecule has 90 valence electrons.